The SMILES string of the molecule is Cc1ccc2nccc(Nc3ccc(C(=O)Nc4cccc(Nc5cc[n+](C)cc5)c4)cc3)c2c1. The first kappa shape index (κ1) is 22.1. The van der Waals surface area contributed by atoms with Crippen molar-refractivity contribution in [1.29, 1.82) is 0 Å². The van der Waals surface area contributed by atoms with Crippen LogP contribution in [0.2, 0.25) is 0 Å². The molecule has 6 nitrogen and oxygen atoms in total. The summed E-state index contributed by atoms with van der Waals surface area (Å²) in [5, 5.41) is 10.8. The van der Waals surface area contributed by atoms with Crippen molar-refractivity contribution >= 4 is 45.2 Å². The second-order valence-electron chi connectivity index (χ2n) is 8.49. The molecule has 0 fully saturated rings. The molecule has 0 aliphatic carbocycles. The van der Waals surface area contributed by atoms with E-state index in [1.54, 1.807) is 6.20 Å². The molecule has 2 aromatic heterocycles. The molecule has 1 amide bonds. The maximum Gasteiger partial charge on any atom is 0.255 e. The van der Waals surface area contributed by atoms with E-state index < -0.39 is 0 Å². The molecule has 0 aliphatic heterocycles. The van der Waals surface area contributed by atoms with Crippen molar-refractivity contribution < 1.29 is 9.36 Å². The first-order valence-electron chi connectivity index (χ1n) is 11.4. The summed E-state index contributed by atoms with van der Waals surface area (Å²) in [4.78, 5) is 17.3. The van der Waals surface area contributed by atoms with Crippen LogP contribution < -0.4 is 20.5 Å². The number of carbonyl (C=O) groups excluding carboxylic acids is 1. The molecule has 0 saturated carbocycles. The average molecular weight is 461 g/mol. The number of hydrogen-bond acceptors (Lipinski definition) is 4. The molecule has 5 rings (SSSR count). The number of carbonyl (C=O) groups is 1. The number of rotatable bonds is 6. The molecule has 6 heteroatoms. The lowest BCUT2D eigenvalue weighted by Crippen LogP contribution is -2.25. The Hall–Kier alpha value is -4.71. The molecule has 2 heterocycles. The van der Waals surface area contributed by atoms with Gasteiger partial charge < -0.3 is 16.0 Å². The molecule has 0 atom stereocenters. The van der Waals surface area contributed by atoms with E-state index in [2.05, 4.69) is 40.0 Å². The molecule has 3 aromatic carbocycles. The van der Waals surface area contributed by atoms with Crippen LogP contribution in [0.3, 0.4) is 0 Å². The predicted molar refractivity (Wildman–Crippen MR) is 142 cm³/mol. The van der Waals surface area contributed by atoms with E-state index in [1.807, 2.05) is 96.8 Å². The van der Waals surface area contributed by atoms with Crippen LogP contribution in [0.1, 0.15) is 15.9 Å². The van der Waals surface area contributed by atoms with Crippen LogP contribution in [0.15, 0.2) is 104 Å². The monoisotopic (exact) mass is 460 g/mol. The minimum atomic E-state index is -0.162. The number of anilines is 5. The standard InChI is InChI=1S/C29H25N5O/c1-20-6-11-27-26(18-20)28(12-15-30-27)32-22-9-7-21(8-10-22)29(35)33-25-5-3-4-24(19-25)31-23-13-16-34(2)17-14-23/h3-19H,1-2H3,(H2,30,32,33,35)/p+1. The summed E-state index contributed by atoms with van der Waals surface area (Å²) in [6.45, 7) is 2.07. The maximum atomic E-state index is 12.8. The van der Waals surface area contributed by atoms with Crippen LogP contribution in [-0.2, 0) is 7.05 Å². The maximum absolute atomic E-state index is 12.8. The number of benzene rings is 3. The summed E-state index contributed by atoms with van der Waals surface area (Å²) in [6, 6.07) is 27.3. The second-order valence-corrected chi connectivity index (χ2v) is 8.49. The van der Waals surface area contributed by atoms with Crippen molar-refractivity contribution in [3.8, 4) is 0 Å². The Morgan fingerprint density at radius 1 is 0.771 bits per heavy atom. The number of nitrogens with one attached hydrogen (secondary N) is 3. The summed E-state index contributed by atoms with van der Waals surface area (Å²) >= 11 is 0. The van der Waals surface area contributed by atoms with E-state index in [4.69, 9.17) is 0 Å². The van der Waals surface area contributed by atoms with Gasteiger partial charge in [0.2, 0.25) is 0 Å². The number of pyridine rings is 2. The Morgan fingerprint density at radius 2 is 1.51 bits per heavy atom. The van der Waals surface area contributed by atoms with Gasteiger partial charge in [0.1, 0.15) is 7.05 Å². The summed E-state index contributed by atoms with van der Waals surface area (Å²) in [7, 11) is 1.98. The van der Waals surface area contributed by atoms with Crippen LogP contribution in [0.25, 0.3) is 10.9 Å². The van der Waals surface area contributed by atoms with Crippen molar-refractivity contribution in [1.82, 2.24) is 4.98 Å². The second kappa shape index (κ2) is 9.65. The Morgan fingerprint density at radius 3 is 2.31 bits per heavy atom. The van der Waals surface area contributed by atoms with Crippen LogP contribution in [0.4, 0.5) is 28.4 Å². The Bertz CT molecular complexity index is 1490. The van der Waals surface area contributed by atoms with Gasteiger partial charge in [-0.2, -0.15) is 0 Å². The van der Waals surface area contributed by atoms with Gasteiger partial charge in [0.25, 0.3) is 5.91 Å². The van der Waals surface area contributed by atoms with Crippen molar-refractivity contribution in [2.45, 2.75) is 6.92 Å². The van der Waals surface area contributed by atoms with Crippen LogP contribution in [-0.4, -0.2) is 10.9 Å². The fourth-order valence-electron chi connectivity index (χ4n) is 3.86. The zero-order valence-corrected chi connectivity index (χ0v) is 19.6. The highest BCUT2D eigenvalue weighted by molar-refractivity contribution is 6.04. The Labute approximate surface area is 204 Å². The predicted octanol–water partition coefficient (Wildman–Crippen LogP) is 6.11. The highest BCUT2D eigenvalue weighted by atomic mass is 16.1. The molecule has 0 radical (unpaired) electrons. The van der Waals surface area contributed by atoms with E-state index in [0.717, 1.165) is 39.3 Å². The summed E-state index contributed by atoms with van der Waals surface area (Å²) in [5.41, 5.74) is 7.18. The van der Waals surface area contributed by atoms with Gasteiger partial charge in [-0.3, -0.25) is 9.78 Å². The van der Waals surface area contributed by atoms with Gasteiger partial charge in [0.15, 0.2) is 12.4 Å². The van der Waals surface area contributed by atoms with Gasteiger partial charge >= 0.3 is 0 Å². The largest absolute Gasteiger partial charge is 0.355 e. The molecule has 0 spiro atoms. The first-order valence-corrected chi connectivity index (χ1v) is 11.4. The van der Waals surface area contributed by atoms with E-state index in [0.29, 0.717) is 5.56 Å². The van der Waals surface area contributed by atoms with Crippen LogP contribution >= 0.6 is 0 Å². The zero-order valence-electron chi connectivity index (χ0n) is 19.6. The number of amides is 1. The summed E-state index contributed by atoms with van der Waals surface area (Å²) < 4.78 is 1.98. The highest BCUT2D eigenvalue weighted by Crippen LogP contribution is 2.26. The molecule has 0 aliphatic rings. The molecular formula is C29H26N5O+. The number of nitrogens with zero attached hydrogens (tertiary/aromatic N) is 2. The third-order valence-electron chi connectivity index (χ3n) is 5.71. The molecule has 0 saturated heterocycles. The lowest BCUT2D eigenvalue weighted by molar-refractivity contribution is -0.671. The zero-order chi connectivity index (χ0) is 24.2. The third-order valence-corrected chi connectivity index (χ3v) is 5.71. The molecule has 172 valence electrons. The molecule has 5 aromatic rings. The highest BCUT2D eigenvalue weighted by Gasteiger charge is 2.08. The molecule has 3 N–H and O–H groups in total. The minimum absolute atomic E-state index is 0.162. The molecular weight excluding hydrogens is 434 g/mol. The number of aromatic nitrogens is 2. The van der Waals surface area contributed by atoms with E-state index >= 15 is 0 Å². The van der Waals surface area contributed by atoms with Gasteiger partial charge in [-0.25, -0.2) is 4.57 Å². The van der Waals surface area contributed by atoms with Gasteiger partial charge in [0.05, 0.1) is 11.2 Å². The molecule has 0 bridgehead atoms. The number of fused-ring (bicyclic) bond motifs is 1. The van der Waals surface area contributed by atoms with E-state index in [9.17, 15) is 4.79 Å². The fraction of sp³-hybridized carbons (Fsp3) is 0.0690. The fourth-order valence-corrected chi connectivity index (χ4v) is 3.86. The van der Waals surface area contributed by atoms with Crippen molar-refractivity contribution in [3.05, 3.63) is 115 Å². The Balaban J connectivity index is 1.27. The van der Waals surface area contributed by atoms with Crippen LogP contribution in [0.5, 0.6) is 0 Å². The molecule has 0 unspecified atom stereocenters. The van der Waals surface area contributed by atoms with Crippen LogP contribution in [0, 0.1) is 6.92 Å². The smallest absolute Gasteiger partial charge is 0.255 e. The first-order chi connectivity index (χ1) is 17.0. The summed E-state index contributed by atoms with van der Waals surface area (Å²) in [5.74, 6) is -0.162. The number of hydrogen-bond donors (Lipinski definition) is 3. The summed E-state index contributed by atoms with van der Waals surface area (Å²) in [6.07, 6.45) is 5.75. The lowest BCUT2D eigenvalue weighted by atomic mass is 10.1. The molecule has 35 heavy (non-hydrogen) atoms. The average Bonchev–Trinajstić information content (AvgIpc) is 2.86. The number of aryl methyl sites for hydroxylation is 2. The van der Waals surface area contributed by atoms with Gasteiger partial charge in [-0.1, -0.05) is 17.7 Å². The lowest BCUT2D eigenvalue weighted by Gasteiger charge is -2.11. The van der Waals surface area contributed by atoms with Gasteiger partial charge in [-0.05, 0) is 67.6 Å². The van der Waals surface area contributed by atoms with E-state index in [-0.39, 0.29) is 5.91 Å². The van der Waals surface area contributed by atoms with Gasteiger partial charge in [-0.15, -0.1) is 0 Å². The van der Waals surface area contributed by atoms with Crippen molar-refractivity contribution in [2.24, 2.45) is 7.05 Å². The van der Waals surface area contributed by atoms with Gasteiger partial charge in [0, 0.05) is 52.0 Å². The van der Waals surface area contributed by atoms with Crippen molar-refractivity contribution in [2.75, 3.05) is 16.0 Å². The topological polar surface area (TPSA) is 69.9 Å². The van der Waals surface area contributed by atoms with E-state index in [1.165, 1.54) is 5.56 Å². The normalized spacial score (nSPS) is 10.7. The quantitative estimate of drug-likeness (QED) is 0.268. The minimum Gasteiger partial charge on any atom is -0.355 e. The third kappa shape index (κ3) is 5.28. The Kier molecular flexibility index (Phi) is 6.09. The van der Waals surface area contributed by atoms with Crippen molar-refractivity contribution in [3.63, 3.8) is 0 Å².